The van der Waals surface area contributed by atoms with Crippen LogP contribution in [0.4, 0.5) is 26.3 Å². The van der Waals surface area contributed by atoms with E-state index in [1.165, 1.54) is 12.1 Å². The van der Waals surface area contributed by atoms with Crippen molar-refractivity contribution in [2.24, 2.45) is 5.92 Å². The molecule has 0 bridgehead atoms. The van der Waals surface area contributed by atoms with Gasteiger partial charge in [0.1, 0.15) is 5.82 Å². The lowest BCUT2D eigenvalue weighted by Gasteiger charge is -2.36. The molecule has 1 heterocycles. The molecule has 0 spiro atoms. The summed E-state index contributed by atoms with van der Waals surface area (Å²) in [6.45, 7) is 4.17. The molecule has 0 aromatic heterocycles. The first-order valence-electron chi connectivity index (χ1n) is 11.4. The molecule has 0 N–H and O–H groups in total. The number of hydrogen-bond donors (Lipinski definition) is 0. The van der Waals surface area contributed by atoms with Crippen LogP contribution in [-0.2, 0) is 23.0 Å². The Morgan fingerprint density at radius 2 is 1.62 bits per heavy atom. The number of benzene rings is 2. The largest absolute Gasteiger partial charge is 0.498 e. The minimum absolute atomic E-state index is 0.0597. The van der Waals surface area contributed by atoms with Gasteiger partial charge in [0.25, 0.3) is 0 Å². The Morgan fingerprint density at radius 1 is 0.971 bits per heavy atom. The van der Waals surface area contributed by atoms with E-state index < -0.39 is 51.5 Å². The zero-order valence-electron chi connectivity index (χ0n) is 19.0. The van der Waals surface area contributed by atoms with Gasteiger partial charge in [-0.05, 0) is 73.4 Å². The van der Waals surface area contributed by atoms with Gasteiger partial charge in [-0.1, -0.05) is 25.5 Å². The summed E-state index contributed by atoms with van der Waals surface area (Å²) >= 11 is 0. The van der Waals surface area contributed by atoms with E-state index in [0.29, 0.717) is 25.9 Å². The predicted molar refractivity (Wildman–Crippen MR) is 116 cm³/mol. The first kappa shape index (κ1) is 24.5. The van der Waals surface area contributed by atoms with E-state index in [0.717, 1.165) is 24.3 Å². The van der Waals surface area contributed by atoms with Crippen molar-refractivity contribution in [3.05, 3.63) is 64.4 Å². The highest BCUT2D eigenvalue weighted by molar-refractivity contribution is 5.77. The predicted octanol–water partition coefficient (Wildman–Crippen LogP) is 7.88. The van der Waals surface area contributed by atoms with Crippen LogP contribution in [0.2, 0.25) is 0 Å². The van der Waals surface area contributed by atoms with Gasteiger partial charge in [0, 0.05) is 0 Å². The fourth-order valence-electron chi connectivity index (χ4n) is 4.45. The van der Waals surface area contributed by atoms with Crippen LogP contribution in [0.3, 0.4) is 0 Å². The lowest BCUT2D eigenvalue weighted by molar-refractivity contribution is -0.228. The summed E-state index contributed by atoms with van der Waals surface area (Å²) in [6.07, 6.45) is 4.42. The van der Waals surface area contributed by atoms with Crippen molar-refractivity contribution in [3.8, 4) is 16.9 Å². The molecule has 1 atom stereocenters. The summed E-state index contributed by atoms with van der Waals surface area (Å²) in [5.74, 6) is -12.5. The number of aryl methyl sites for hydroxylation is 1. The highest BCUT2D eigenvalue weighted by Crippen LogP contribution is 2.60. The zero-order valence-corrected chi connectivity index (χ0v) is 19.0. The lowest BCUT2D eigenvalue weighted by atomic mass is 9.78. The number of rotatable bonds is 7. The molecule has 1 aliphatic carbocycles. The van der Waals surface area contributed by atoms with E-state index in [4.69, 9.17) is 9.47 Å². The van der Waals surface area contributed by atoms with Crippen LogP contribution in [0.5, 0.6) is 5.75 Å². The average Bonchev–Trinajstić information content (AvgIpc) is 2.79. The van der Waals surface area contributed by atoms with E-state index in [2.05, 4.69) is 0 Å². The number of fused-ring (bicyclic) bond motifs is 3. The van der Waals surface area contributed by atoms with Gasteiger partial charge < -0.3 is 9.47 Å². The monoisotopic (exact) mass is 484 g/mol. The van der Waals surface area contributed by atoms with Gasteiger partial charge in [0.15, 0.2) is 11.6 Å². The van der Waals surface area contributed by atoms with E-state index in [1.807, 2.05) is 19.9 Å². The maximum Gasteiger partial charge on any atom is 0.343 e. The van der Waals surface area contributed by atoms with Crippen LogP contribution in [0.1, 0.15) is 56.2 Å². The SMILES string of the molecule is CCCCOc1ccc2c(c1F)C(F)(F)C(F)(F)c1c-2ccc(CCC2CC=C(C)OC2)c1F. The molecule has 2 aromatic carbocycles. The highest BCUT2D eigenvalue weighted by atomic mass is 19.3. The third kappa shape index (κ3) is 4.05. The van der Waals surface area contributed by atoms with Crippen molar-refractivity contribution in [3.63, 3.8) is 0 Å². The van der Waals surface area contributed by atoms with Crippen LogP contribution in [0.15, 0.2) is 36.1 Å². The normalized spacial score (nSPS) is 20.1. The molecule has 0 amide bonds. The number of allylic oxidation sites excluding steroid dienone is 2. The van der Waals surface area contributed by atoms with Crippen LogP contribution < -0.4 is 4.74 Å². The van der Waals surface area contributed by atoms with Crippen molar-refractivity contribution in [1.82, 2.24) is 0 Å². The number of halogens is 6. The average molecular weight is 484 g/mol. The third-order valence-electron chi connectivity index (χ3n) is 6.50. The minimum atomic E-state index is -4.96. The van der Waals surface area contributed by atoms with Crippen molar-refractivity contribution >= 4 is 0 Å². The Morgan fingerprint density at radius 3 is 2.24 bits per heavy atom. The molecule has 1 aliphatic heterocycles. The summed E-state index contributed by atoms with van der Waals surface area (Å²) < 4.78 is 101. The lowest BCUT2D eigenvalue weighted by Crippen LogP contribution is -2.41. The molecule has 2 aliphatic rings. The van der Waals surface area contributed by atoms with Crippen LogP contribution in [0, 0.1) is 17.6 Å². The molecule has 184 valence electrons. The van der Waals surface area contributed by atoms with Gasteiger partial charge in [-0.3, -0.25) is 0 Å². The van der Waals surface area contributed by atoms with E-state index in [-0.39, 0.29) is 24.5 Å². The second kappa shape index (κ2) is 9.19. The van der Waals surface area contributed by atoms with Crippen LogP contribution >= 0.6 is 0 Å². The van der Waals surface area contributed by atoms with Crippen LogP contribution in [-0.4, -0.2) is 13.2 Å². The summed E-state index contributed by atoms with van der Waals surface area (Å²) in [5.41, 5.74) is -3.84. The van der Waals surface area contributed by atoms with Gasteiger partial charge >= 0.3 is 11.8 Å². The van der Waals surface area contributed by atoms with Crippen molar-refractivity contribution in [2.75, 3.05) is 13.2 Å². The van der Waals surface area contributed by atoms with Gasteiger partial charge in [-0.15, -0.1) is 0 Å². The van der Waals surface area contributed by atoms with Gasteiger partial charge in [0.05, 0.1) is 30.1 Å². The van der Waals surface area contributed by atoms with Gasteiger partial charge in [-0.25, -0.2) is 8.78 Å². The summed E-state index contributed by atoms with van der Waals surface area (Å²) in [4.78, 5) is 0. The Labute approximate surface area is 194 Å². The second-order valence-corrected chi connectivity index (χ2v) is 8.88. The number of hydrogen-bond acceptors (Lipinski definition) is 2. The molecule has 0 saturated heterocycles. The highest BCUT2D eigenvalue weighted by Gasteiger charge is 2.65. The molecular weight excluding hydrogens is 458 g/mol. The summed E-state index contributed by atoms with van der Waals surface area (Å²) in [5, 5.41) is 0. The number of ether oxygens (including phenoxy) is 2. The first-order chi connectivity index (χ1) is 16.1. The number of unbranched alkanes of at least 4 members (excludes halogenated alkanes) is 1. The van der Waals surface area contributed by atoms with Gasteiger partial charge in [-0.2, -0.15) is 17.6 Å². The van der Waals surface area contributed by atoms with E-state index in [9.17, 15) is 4.39 Å². The molecule has 0 radical (unpaired) electrons. The minimum Gasteiger partial charge on any atom is -0.498 e. The molecule has 2 nitrogen and oxygen atoms in total. The van der Waals surface area contributed by atoms with Crippen molar-refractivity contribution in [1.29, 1.82) is 0 Å². The summed E-state index contributed by atoms with van der Waals surface area (Å²) in [7, 11) is 0. The standard InChI is InChI=1S/C26H26F6O2/c1-3-4-13-33-20-12-11-19-18-10-9-17(8-7-16-6-5-15(2)34-14-16)23(27)21(18)25(29,30)26(31,32)22(19)24(20)28/h5,9-12,16H,3-4,6-8,13-14H2,1-2H3. The number of alkyl halides is 4. The van der Waals surface area contributed by atoms with Crippen LogP contribution in [0.25, 0.3) is 11.1 Å². The fraction of sp³-hybridized carbons (Fsp3) is 0.462. The smallest absolute Gasteiger partial charge is 0.343 e. The molecule has 34 heavy (non-hydrogen) atoms. The maximum atomic E-state index is 15.3. The quantitative estimate of drug-likeness (QED) is 0.294. The van der Waals surface area contributed by atoms with Crippen molar-refractivity contribution < 1.29 is 35.8 Å². The Balaban J connectivity index is 1.73. The fourth-order valence-corrected chi connectivity index (χ4v) is 4.45. The second-order valence-electron chi connectivity index (χ2n) is 8.88. The van der Waals surface area contributed by atoms with E-state index in [1.54, 1.807) is 0 Å². The maximum absolute atomic E-state index is 15.3. The topological polar surface area (TPSA) is 18.5 Å². The molecule has 1 unspecified atom stereocenters. The Hall–Kier alpha value is -2.64. The third-order valence-corrected chi connectivity index (χ3v) is 6.50. The molecule has 0 fully saturated rings. The molecule has 4 rings (SSSR count). The first-order valence-corrected chi connectivity index (χ1v) is 11.4. The molecule has 2 aromatic rings. The summed E-state index contributed by atoms with van der Waals surface area (Å²) in [6, 6.07) is 4.70. The zero-order chi connectivity index (χ0) is 24.7. The molecule has 8 heteroatoms. The van der Waals surface area contributed by atoms with E-state index >= 15 is 22.0 Å². The van der Waals surface area contributed by atoms with Crippen molar-refractivity contribution in [2.45, 2.75) is 57.8 Å². The molecule has 0 saturated carbocycles. The molecular formula is C26H26F6O2. The Kier molecular flexibility index (Phi) is 6.62. The van der Waals surface area contributed by atoms with Gasteiger partial charge in [0.2, 0.25) is 0 Å². The Bertz CT molecular complexity index is 1110.